The number of hydrogen-bond acceptors (Lipinski definition) is 3. The van der Waals surface area contributed by atoms with Gasteiger partial charge in [-0.3, -0.25) is 4.79 Å². The third-order valence-corrected chi connectivity index (χ3v) is 3.73. The van der Waals surface area contributed by atoms with E-state index >= 15 is 0 Å². The average molecular weight is 269 g/mol. The van der Waals surface area contributed by atoms with Gasteiger partial charge in [-0.15, -0.1) is 0 Å². The lowest BCUT2D eigenvalue weighted by Gasteiger charge is -2.17. The molecule has 0 saturated heterocycles. The molecule has 4 nitrogen and oxygen atoms in total. The number of halogens is 1. The summed E-state index contributed by atoms with van der Waals surface area (Å²) >= 11 is 5.74. The molecule has 1 saturated carbocycles. The summed E-state index contributed by atoms with van der Waals surface area (Å²) in [6, 6.07) is 4.98. The predicted octanol–water partition coefficient (Wildman–Crippen LogP) is 1.87. The van der Waals surface area contributed by atoms with Crippen LogP contribution in [-0.4, -0.2) is 29.1 Å². The summed E-state index contributed by atoms with van der Waals surface area (Å²) in [5, 5.41) is 12.4. The van der Waals surface area contributed by atoms with Gasteiger partial charge in [-0.05, 0) is 36.8 Å². The molecular formula is C13H17ClN2O2. The molecule has 2 atom stereocenters. The minimum absolute atomic E-state index is 0.204. The van der Waals surface area contributed by atoms with Gasteiger partial charge in [0.1, 0.15) is 10.8 Å². The van der Waals surface area contributed by atoms with Crippen LogP contribution in [-0.2, 0) is 0 Å². The Morgan fingerprint density at radius 1 is 1.44 bits per heavy atom. The van der Waals surface area contributed by atoms with Gasteiger partial charge in [-0.25, -0.2) is 4.98 Å². The normalized spacial score (nSPS) is 23.0. The molecule has 2 N–H and O–H groups in total. The molecule has 1 aromatic heterocycles. The van der Waals surface area contributed by atoms with E-state index in [2.05, 4.69) is 10.3 Å². The largest absolute Gasteiger partial charge is 0.396 e. The quantitative estimate of drug-likeness (QED) is 0.820. The summed E-state index contributed by atoms with van der Waals surface area (Å²) in [6.45, 7) is 0.800. The molecule has 18 heavy (non-hydrogen) atoms. The van der Waals surface area contributed by atoms with E-state index < -0.39 is 0 Å². The molecule has 98 valence electrons. The van der Waals surface area contributed by atoms with Gasteiger partial charge in [-0.2, -0.15) is 0 Å². The van der Waals surface area contributed by atoms with Crippen LogP contribution in [0.3, 0.4) is 0 Å². The number of aliphatic hydroxyl groups excluding tert-OH is 1. The summed E-state index contributed by atoms with van der Waals surface area (Å²) in [5.41, 5.74) is 0.334. The molecule has 0 aromatic carbocycles. The lowest BCUT2D eigenvalue weighted by atomic mass is 9.97. The van der Waals surface area contributed by atoms with Crippen LogP contribution in [0, 0.1) is 11.8 Å². The summed E-state index contributed by atoms with van der Waals surface area (Å²) in [7, 11) is 0. The van der Waals surface area contributed by atoms with E-state index in [0.717, 1.165) is 19.3 Å². The van der Waals surface area contributed by atoms with E-state index in [9.17, 15) is 9.90 Å². The lowest BCUT2D eigenvalue weighted by molar-refractivity contribution is 0.0933. The monoisotopic (exact) mass is 268 g/mol. The molecule has 0 bridgehead atoms. The van der Waals surface area contributed by atoms with Crippen molar-refractivity contribution in [3.8, 4) is 0 Å². The number of aliphatic hydroxyl groups is 1. The molecule has 1 aromatic rings. The molecule has 1 aliphatic carbocycles. The van der Waals surface area contributed by atoms with Gasteiger partial charge in [0.2, 0.25) is 0 Å². The van der Waals surface area contributed by atoms with E-state index in [1.807, 2.05) is 0 Å². The Kier molecular flexibility index (Phi) is 4.55. The van der Waals surface area contributed by atoms with Crippen LogP contribution < -0.4 is 5.32 Å². The number of carbonyl (C=O) groups excluding carboxylic acids is 1. The number of aromatic nitrogens is 1. The molecular weight excluding hydrogens is 252 g/mol. The SMILES string of the molecule is O=C(NCC1CCCC1CO)c1cccc(Cl)n1. The molecule has 0 aliphatic heterocycles. The van der Waals surface area contributed by atoms with E-state index in [1.54, 1.807) is 18.2 Å². The number of carbonyl (C=O) groups is 1. The highest BCUT2D eigenvalue weighted by Gasteiger charge is 2.26. The van der Waals surface area contributed by atoms with Crippen molar-refractivity contribution < 1.29 is 9.90 Å². The van der Waals surface area contributed by atoms with E-state index in [4.69, 9.17) is 11.6 Å². The Morgan fingerprint density at radius 3 is 2.94 bits per heavy atom. The van der Waals surface area contributed by atoms with E-state index in [0.29, 0.717) is 29.2 Å². The zero-order chi connectivity index (χ0) is 13.0. The average Bonchev–Trinajstić information content (AvgIpc) is 2.83. The first-order chi connectivity index (χ1) is 8.70. The minimum Gasteiger partial charge on any atom is -0.396 e. The number of hydrogen-bond donors (Lipinski definition) is 2. The van der Waals surface area contributed by atoms with Crippen molar-refractivity contribution in [1.82, 2.24) is 10.3 Å². The maximum absolute atomic E-state index is 11.9. The molecule has 0 spiro atoms. The fourth-order valence-electron chi connectivity index (χ4n) is 2.47. The van der Waals surface area contributed by atoms with Crippen molar-refractivity contribution in [3.05, 3.63) is 29.0 Å². The molecule has 0 radical (unpaired) electrons. The van der Waals surface area contributed by atoms with Gasteiger partial charge in [-0.1, -0.05) is 24.1 Å². The third-order valence-electron chi connectivity index (χ3n) is 3.52. The lowest BCUT2D eigenvalue weighted by Crippen LogP contribution is -2.32. The van der Waals surface area contributed by atoms with Crippen LogP contribution in [0.15, 0.2) is 18.2 Å². The second-order valence-corrected chi connectivity index (χ2v) is 5.08. The Bertz CT molecular complexity index is 425. The van der Waals surface area contributed by atoms with Crippen LogP contribution in [0.1, 0.15) is 29.8 Å². The van der Waals surface area contributed by atoms with Gasteiger partial charge in [0.05, 0.1) is 0 Å². The highest BCUT2D eigenvalue weighted by molar-refractivity contribution is 6.29. The Labute approximate surface area is 111 Å². The third kappa shape index (κ3) is 3.21. The number of nitrogens with one attached hydrogen (secondary N) is 1. The molecule has 1 fully saturated rings. The summed E-state index contributed by atoms with van der Waals surface area (Å²) in [4.78, 5) is 15.8. The standard InChI is InChI=1S/C13H17ClN2O2/c14-12-6-2-5-11(16-12)13(18)15-7-9-3-1-4-10(9)8-17/h2,5-6,9-10,17H,1,3-4,7-8H2,(H,15,18). The molecule has 1 amide bonds. The van der Waals surface area contributed by atoms with Crippen LogP contribution in [0.4, 0.5) is 0 Å². The highest BCUT2D eigenvalue weighted by atomic mass is 35.5. The van der Waals surface area contributed by atoms with Crippen molar-refractivity contribution in [2.24, 2.45) is 11.8 Å². The first kappa shape index (κ1) is 13.3. The van der Waals surface area contributed by atoms with Crippen LogP contribution >= 0.6 is 11.6 Å². The Balaban J connectivity index is 1.88. The van der Waals surface area contributed by atoms with E-state index in [1.165, 1.54) is 0 Å². The maximum atomic E-state index is 11.9. The molecule has 1 heterocycles. The summed E-state index contributed by atoms with van der Waals surface area (Å²) in [5.74, 6) is 0.483. The van der Waals surface area contributed by atoms with Gasteiger partial charge in [0.25, 0.3) is 5.91 Å². The fourth-order valence-corrected chi connectivity index (χ4v) is 2.64. The predicted molar refractivity (Wildman–Crippen MR) is 69.5 cm³/mol. The minimum atomic E-state index is -0.207. The van der Waals surface area contributed by atoms with E-state index in [-0.39, 0.29) is 12.5 Å². The number of rotatable bonds is 4. The number of pyridine rings is 1. The van der Waals surface area contributed by atoms with Gasteiger partial charge in [0, 0.05) is 13.2 Å². The van der Waals surface area contributed by atoms with Crippen LogP contribution in [0.5, 0.6) is 0 Å². The maximum Gasteiger partial charge on any atom is 0.269 e. The van der Waals surface area contributed by atoms with Crippen molar-refractivity contribution in [1.29, 1.82) is 0 Å². The smallest absolute Gasteiger partial charge is 0.269 e. The highest BCUT2D eigenvalue weighted by Crippen LogP contribution is 2.30. The second kappa shape index (κ2) is 6.16. The van der Waals surface area contributed by atoms with Crippen molar-refractivity contribution >= 4 is 17.5 Å². The Morgan fingerprint density at radius 2 is 2.22 bits per heavy atom. The van der Waals surface area contributed by atoms with Crippen molar-refractivity contribution in [2.75, 3.05) is 13.2 Å². The van der Waals surface area contributed by atoms with Gasteiger partial charge in [0.15, 0.2) is 0 Å². The summed E-state index contributed by atoms with van der Waals surface area (Å²) < 4.78 is 0. The zero-order valence-corrected chi connectivity index (χ0v) is 10.9. The fraction of sp³-hybridized carbons (Fsp3) is 0.538. The Hall–Kier alpha value is -1.13. The molecule has 5 heteroatoms. The molecule has 1 aliphatic rings. The first-order valence-electron chi connectivity index (χ1n) is 6.22. The number of amides is 1. The second-order valence-electron chi connectivity index (χ2n) is 4.69. The van der Waals surface area contributed by atoms with Crippen LogP contribution in [0.2, 0.25) is 5.15 Å². The molecule has 2 rings (SSSR count). The van der Waals surface area contributed by atoms with Crippen molar-refractivity contribution in [3.63, 3.8) is 0 Å². The summed E-state index contributed by atoms with van der Waals surface area (Å²) in [6.07, 6.45) is 3.24. The number of nitrogens with zero attached hydrogens (tertiary/aromatic N) is 1. The molecule has 2 unspecified atom stereocenters. The zero-order valence-electron chi connectivity index (χ0n) is 10.1. The van der Waals surface area contributed by atoms with Crippen LogP contribution in [0.25, 0.3) is 0 Å². The van der Waals surface area contributed by atoms with Gasteiger partial charge < -0.3 is 10.4 Å². The topological polar surface area (TPSA) is 62.2 Å². The van der Waals surface area contributed by atoms with Gasteiger partial charge >= 0.3 is 0 Å². The van der Waals surface area contributed by atoms with Crippen molar-refractivity contribution in [2.45, 2.75) is 19.3 Å². The first-order valence-corrected chi connectivity index (χ1v) is 6.60.